The van der Waals surface area contributed by atoms with E-state index in [0.717, 1.165) is 0 Å². The predicted molar refractivity (Wildman–Crippen MR) is 73.0 cm³/mol. The lowest BCUT2D eigenvalue weighted by Gasteiger charge is -2.26. The molecular weight excluding hydrogens is 288 g/mol. The van der Waals surface area contributed by atoms with Crippen LogP contribution in [0.2, 0.25) is 5.15 Å². The minimum atomic E-state index is -3.01. The van der Waals surface area contributed by atoms with Crippen LogP contribution in [0.1, 0.15) is 23.8 Å². The Balaban J connectivity index is 2.21. The monoisotopic (exact) mass is 302 g/mol. The van der Waals surface area contributed by atoms with E-state index < -0.39 is 9.84 Å². The van der Waals surface area contributed by atoms with Crippen LogP contribution < -0.4 is 0 Å². The van der Waals surface area contributed by atoms with Gasteiger partial charge in [-0.25, -0.2) is 13.4 Å². The highest BCUT2D eigenvalue weighted by Gasteiger charge is 2.34. The van der Waals surface area contributed by atoms with Crippen LogP contribution in [0, 0.1) is 0 Å². The third-order valence-corrected chi connectivity index (χ3v) is 5.15. The van der Waals surface area contributed by atoms with E-state index in [1.165, 1.54) is 0 Å². The van der Waals surface area contributed by atoms with E-state index in [1.807, 2.05) is 6.92 Å². The topological polar surface area (TPSA) is 67.3 Å². The van der Waals surface area contributed by atoms with Gasteiger partial charge in [-0.15, -0.1) is 0 Å². The van der Waals surface area contributed by atoms with Gasteiger partial charge in [-0.3, -0.25) is 4.79 Å². The molecule has 1 atom stereocenters. The minimum Gasteiger partial charge on any atom is -0.334 e. The van der Waals surface area contributed by atoms with Gasteiger partial charge in [-0.1, -0.05) is 17.7 Å². The van der Waals surface area contributed by atoms with Crippen molar-refractivity contribution in [2.75, 3.05) is 18.1 Å². The van der Waals surface area contributed by atoms with Crippen LogP contribution in [0.5, 0.6) is 0 Å². The first-order chi connectivity index (χ1) is 8.93. The molecule has 0 bridgehead atoms. The summed E-state index contributed by atoms with van der Waals surface area (Å²) in [6.07, 6.45) is 0.489. The molecule has 1 amide bonds. The second-order valence-corrected chi connectivity index (χ2v) is 7.11. The second-order valence-electron chi connectivity index (χ2n) is 4.49. The number of carbonyl (C=O) groups is 1. The van der Waals surface area contributed by atoms with E-state index in [-0.39, 0.29) is 34.3 Å². The standard InChI is InChI=1S/C12H15ClN2O3S/c1-2-15(9-6-7-19(17,18)8-9)12(16)10-4-3-5-11(13)14-10/h3-5,9H,2,6-8H2,1H3. The van der Waals surface area contributed by atoms with Crippen molar-refractivity contribution in [1.29, 1.82) is 0 Å². The maximum absolute atomic E-state index is 12.3. The summed E-state index contributed by atoms with van der Waals surface area (Å²) in [5.74, 6) is -0.0931. The van der Waals surface area contributed by atoms with Gasteiger partial charge in [0.15, 0.2) is 9.84 Å². The zero-order valence-electron chi connectivity index (χ0n) is 10.5. The molecule has 19 heavy (non-hydrogen) atoms. The van der Waals surface area contributed by atoms with Crippen molar-refractivity contribution in [2.45, 2.75) is 19.4 Å². The lowest BCUT2D eigenvalue weighted by Crippen LogP contribution is -2.41. The molecule has 1 aliphatic heterocycles. The molecule has 1 unspecified atom stereocenters. The second kappa shape index (κ2) is 5.46. The van der Waals surface area contributed by atoms with Crippen LogP contribution in [0.4, 0.5) is 0 Å². The fourth-order valence-electron chi connectivity index (χ4n) is 2.26. The molecule has 0 aromatic carbocycles. The molecule has 2 heterocycles. The van der Waals surface area contributed by atoms with Gasteiger partial charge >= 0.3 is 0 Å². The third-order valence-electron chi connectivity index (χ3n) is 3.18. The Bertz CT molecular complexity index is 588. The summed E-state index contributed by atoms with van der Waals surface area (Å²) in [5.41, 5.74) is 0.249. The number of pyridine rings is 1. The van der Waals surface area contributed by atoms with Crippen molar-refractivity contribution in [3.63, 3.8) is 0 Å². The molecule has 7 heteroatoms. The van der Waals surface area contributed by atoms with Crippen LogP contribution in [-0.4, -0.2) is 48.3 Å². The Morgan fingerprint density at radius 1 is 1.53 bits per heavy atom. The number of carbonyl (C=O) groups excluding carboxylic acids is 1. The quantitative estimate of drug-likeness (QED) is 0.791. The van der Waals surface area contributed by atoms with E-state index in [4.69, 9.17) is 11.6 Å². The summed E-state index contributed by atoms with van der Waals surface area (Å²) in [6, 6.07) is 4.57. The number of hydrogen-bond acceptors (Lipinski definition) is 4. The summed E-state index contributed by atoms with van der Waals surface area (Å²) in [5, 5.41) is 0.251. The molecule has 0 saturated carbocycles. The summed E-state index contributed by atoms with van der Waals surface area (Å²) >= 11 is 5.76. The van der Waals surface area contributed by atoms with Gasteiger partial charge in [0.2, 0.25) is 0 Å². The Kier molecular flexibility index (Phi) is 4.10. The average Bonchev–Trinajstić information content (AvgIpc) is 2.70. The molecule has 0 N–H and O–H groups in total. The molecular formula is C12H15ClN2O3S. The lowest BCUT2D eigenvalue weighted by atomic mass is 10.2. The third kappa shape index (κ3) is 3.25. The van der Waals surface area contributed by atoms with Crippen LogP contribution in [-0.2, 0) is 9.84 Å². The molecule has 2 rings (SSSR count). The fourth-order valence-corrected chi connectivity index (χ4v) is 4.16. The van der Waals surface area contributed by atoms with Gasteiger partial charge in [0.1, 0.15) is 10.8 Å². The largest absolute Gasteiger partial charge is 0.334 e. The Labute approximate surface area is 117 Å². The number of sulfone groups is 1. The number of aromatic nitrogens is 1. The number of rotatable bonds is 3. The fraction of sp³-hybridized carbons (Fsp3) is 0.500. The van der Waals surface area contributed by atoms with Gasteiger partial charge in [0.05, 0.1) is 11.5 Å². The van der Waals surface area contributed by atoms with Crippen molar-refractivity contribution < 1.29 is 13.2 Å². The van der Waals surface area contributed by atoms with Gasteiger partial charge in [0, 0.05) is 12.6 Å². The zero-order chi connectivity index (χ0) is 14.0. The predicted octanol–water partition coefficient (Wildman–Crippen LogP) is 1.38. The molecule has 1 aliphatic rings. The zero-order valence-corrected chi connectivity index (χ0v) is 12.1. The van der Waals surface area contributed by atoms with Crippen molar-refractivity contribution >= 4 is 27.3 Å². The highest BCUT2D eigenvalue weighted by Crippen LogP contribution is 2.19. The van der Waals surface area contributed by atoms with Crippen LogP contribution in [0.25, 0.3) is 0 Å². The summed E-state index contributed by atoms with van der Waals surface area (Å²) < 4.78 is 23.0. The molecule has 1 saturated heterocycles. The molecule has 104 valence electrons. The maximum atomic E-state index is 12.3. The lowest BCUT2D eigenvalue weighted by molar-refractivity contribution is 0.0702. The summed E-state index contributed by atoms with van der Waals surface area (Å²) in [7, 11) is -3.01. The first kappa shape index (κ1) is 14.3. The van der Waals surface area contributed by atoms with Crippen LogP contribution in [0.15, 0.2) is 18.2 Å². The highest BCUT2D eigenvalue weighted by molar-refractivity contribution is 7.91. The normalized spacial score (nSPS) is 21.3. The van der Waals surface area contributed by atoms with Crippen molar-refractivity contribution in [3.8, 4) is 0 Å². The van der Waals surface area contributed by atoms with Crippen LogP contribution >= 0.6 is 11.6 Å². The Hall–Kier alpha value is -1.14. The molecule has 1 aromatic rings. The van der Waals surface area contributed by atoms with Crippen LogP contribution in [0.3, 0.4) is 0 Å². The van der Waals surface area contributed by atoms with E-state index in [1.54, 1.807) is 23.1 Å². The van der Waals surface area contributed by atoms with Gasteiger partial charge in [0.25, 0.3) is 5.91 Å². The summed E-state index contributed by atoms with van der Waals surface area (Å²) in [4.78, 5) is 17.9. The van der Waals surface area contributed by atoms with E-state index in [9.17, 15) is 13.2 Å². The molecule has 1 fully saturated rings. The number of hydrogen-bond donors (Lipinski definition) is 0. The van der Waals surface area contributed by atoms with Crippen molar-refractivity contribution in [1.82, 2.24) is 9.88 Å². The van der Waals surface area contributed by atoms with Crippen molar-refractivity contribution in [3.05, 3.63) is 29.0 Å². The van der Waals surface area contributed by atoms with Crippen molar-refractivity contribution in [2.24, 2.45) is 0 Å². The molecule has 0 radical (unpaired) electrons. The van der Waals surface area contributed by atoms with Gasteiger partial charge < -0.3 is 4.90 Å². The molecule has 0 spiro atoms. The molecule has 1 aromatic heterocycles. The van der Waals surface area contributed by atoms with Gasteiger partial charge in [-0.2, -0.15) is 0 Å². The summed E-state index contributed by atoms with van der Waals surface area (Å²) in [6.45, 7) is 2.28. The Morgan fingerprint density at radius 3 is 2.79 bits per heavy atom. The van der Waals surface area contributed by atoms with E-state index in [2.05, 4.69) is 4.98 Å². The van der Waals surface area contributed by atoms with E-state index in [0.29, 0.717) is 13.0 Å². The smallest absolute Gasteiger partial charge is 0.272 e. The Morgan fingerprint density at radius 2 is 2.26 bits per heavy atom. The number of halogens is 1. The maximum Gasteiger partial charge on any atom is 0.272 e. The number of amides is 1. The highest BCUT2D eigenvalue weighted by atomic mass is 35.5. The van der Waals surface area contributed by atoms with E-state index >= 15 is 0 Å². The van der Waals surface area contributed by atoms with Gasteiger partial charge in [-0.05, 0) is 25.5 Å². The SMILES string of the molecule is CCN(C(=O)c1cccc(Cl)n1)C1CCS(=O)(=O)C1. The first-order valence-corrected chi connectivity index (χ1v) is 8.27. The first-order valence-electron chi connectivity index (χ1n) is 6.07. The molecule has 5 nitrogen and oxygen atoms in total. The average molecular weight is 303 g/mol. The number of nitrogens with zero attached hydrogens (tertiary/aromatic N) is 2. The minimum absolute atomic E-state index is 0.0349. The molecule has 0 aliphatic carbocycles.